The van der Waals surface area contributed by atoms with Gasteiger partial charge < -0.3 is 19.2 Å². The van der Waals surface area contributed by atoms with Crippen LogP contribution in [0.5, 0.6) is 17.2 Å². The molecule has 8 heteroatoms. The number of nitrogens with one attached hydrogen (secondary N) is 1. The van der Waals surface area contributed by atoms with Crippen molar-refractivity contribution in [2.24, 2.45) is 0 Å². The number of rotatable bonds is 8. The van der Waals surface area contributed by atoms with Gasteiger partial charge in [0, 0.05) is 12.7 Å². The molecule has 2 aromatic heterocycles. The van der Waals surface area contributed by atoms with Crippen LogP contribution >= 0.6 is 0 Å². The topological polar surface area (TPSA) is 73.6 Å². The summed E-state index contributed by atoms with van der Waals surface area (Å²) in [6.07, 6.45) is 3.07. The Morgan fingerprint density at radius 2 is 1.84 bits per heavy atom. The molecule has 0 atom stereocenters. The highest BCUT2D eigenvalue weighted by atomic mass is 19.1. The number of pyridine rings is 1. The van der Waals surface area contributed by atoms with Crippen molar-refractivity contribution in [2.45, 2.75) is 13.2 Å². The molecular formula is C24H18F2N2O4. The van der Waals surface area contributed by atoms with Gasteiger partial charge in [-0.05, 0) is 66.2 Å². The molecule has 6 nitrogen and oxygen atoms in total. The average Bonchev–Trinajstić information content (AvgIpc) is 3.29. The van der Waals surface area contributed by atoms with Crippen molar-refractivity contribution in [3.63, 3.8) is 0 Å². The molecule has 4 rings (SSSR count). The van der Waals surface area contributed by atoms with E-state index < -0.39 is 11.7 Å². The molecule has 0 fully saturated rings. The van der Waals surface area contributed by atoms with Crippen molar-refractivity contribution in [1.29, 1.82) is 0 Å². The second kappa shape index (κ2) is 9.74. The van der Waals surface area contributed by atoms with Crippen molar-refractivity contribution in [3.05, 3.63) is 108 Å². The van der Waals surface area contributed by atoms with Crippen LogP contribution in [0.25, 0.3) is 0 Å². The molecule has 2 heterocycles. The fraction of sp³-hybridized carbons (Fsp3) is 0.0833. The number of hydrogen-bond donors (Lipinski definition) is 1. The van der Waals surface area contributed by atoms with Gasteiger partial charge in [0.15, 0.2) is 17.3 Å². The van der Waals surface area contributed by atoms with Crippen LogP contribution in [-0.4, -0.2) is 10.9 Å². The van der Waals surface area contributed by atoms with Crippen LogP contribution < -0.4 is 14.8 Å². The van der Waals surface area contributed by atoms with Gasteiger partial charge in [-0.2, -0.15) is 0 Å². The lowest BCUT2D eigenvalue weighted by Gasteiger charge is -2.08. The van der Waals surface area contributed by atoms with Gasteiger partial charge in [0.25, 0.3) is 5.91 Å². The van der Waals surface area contributed by atoms with Crippen molar-refractivity contribution in [1.82, 2.24) is 10.3 Å². The van der Waals surface area contributed by atoms with Crippen LogP contribution in [0.2, 0.25) is 0 Å². The van der Waals surface area contributed by atoms with E-state index in [1.165, 1.54) is 48.7 Å². The van der Waals surface area contributed by atoms with Gasteiger partial charge in [0.05, 0.1) is 6.20 Å². The Morgan fingerprint density at radius 3 is 2.59 bits per heavy atom. The van der Waals surface area contributed by atoms with E-state index >= 15 is 0 Å². The fourth-order valence-electron chi connectivity index (χ4n) is 2.80. The number of carbonyl (C=O) groups excluding carboxylic acids is 1. The highest BCUT2D eigenvalue weighted by Crippen LogP contribution is 2.24. The number of halogens is 2. The summed E-state index contributed by atoms with van der Waals surface area (Å²) in [5.74, 6) is 0.126. The lowest BCUT2D eigenvalue weighted by molar-refractivity contribution is 0.0919. The first-order chi connectivity index (χ1) is 15.6. The SMILES string of the molecule is O=C(NCc1ccc(Oc2cccnc2)c(F)c1)c1ccc(COc2ccc(F)cc2)o1. The number of hydrogen-bond acceptors (Lipinski definition) is 5. The number of ether oxygens (including phenoxy) is 2. The summed E-state index contributed by atoms with van der Waals surface area (Å²) in [4.78, 5) is 16.2. The third-order valence-electron chi connectivity index (χ3n) is 4.39. The zero-order valence-electron chi connectivity index (χ0n) is 16.8. The maximum Gasteiger partial charge on any atom is 0.287 e. The minimum Gasteiger partial charge on any atom is -0.486 e. The van der Waals surface area contributed by atoms with E-state index in [4.69, 9.17) is 13.9 Å². The van der Waals surface area contributed by atoms with E-state index in [9.17, 15) is 13.6 Å². The molecule has 32 heavy (non-hydrogen) atoms. The number of benzene rings is 2. The minimum atomic E-state index is -0.557. The van der Waals surface area contributed by atoms with E-state index in [1.807, 2.05) is 0 Å². The molecule has 0 saturated carbocycles. The smallest absolute Gasteiger partial charge is 0.287 e. The molecule has 0 spiro atoms. The first-order valence-corrected chi connectivity index (χ1v) is 9.68. The van der Waals surface area contributed by atoms with E-state index in [1.54, 1.807) is 30.5 Å². The predicted molar refractivity (Wildman–Crippen MR) is 111 cm³/mol. The Labute approximate surface area is 182 Å². The van der Waals surface area contributed by atoms with Crippen LogP contribution in [0.3, 0.4) is 0 Å². The Kier molecular flexibility index (Phi) is 6.41. The molecule has 0 unspecified atom stereocenters. The van der Waals surface area contributed by atoms with Gasteiger partial charge in [-0.25, -0.2) is 8.78 Å². The molecule has 0 radical (unpaired) electrons. The third kappa shape index (κ3) is 5.48. The van der Waals surface area contributed by atoms with Gasteiger partial charge in [-0.15, -0.1) is 0 Å². The number of furan rings is 1. The lowest BCUT2D eigenvalue weighted by atomic mass is 10.2. The standard InChI is InChI=1S/C24H18F2N2O4/c25-17-4-6-18(7-5-17)30-15-20-8-10-23(32-20)24(29)28-13-16-3-9-22(21(26)12-16)31-19-2-1-11-27-14-19/h1-12,14H,13,15H2,(H,28,29). The van der Waals surface area contributed by atoms with Crippen LogP contribution in [0, 0.1) is 11.6 Å². The number of nitrogens with zero attached hydrogens (tertiary/aromatic N) is 1. The van der Waals surface area contributed by atoms with Gasteiger partial charge in [0.2, 0.25) is 0 Å². The highest BCUT2D eigenvalue weighted by Gasteiger charge is 2.13. The van der Waals surface area contributed by atoms with Crippen molar-refractivity contribution in [2.75, 3.05) is 0 Å². The first kappa shape index (κ1) is 21.0. The summed E-state index contributed by atoms with van der Waals surface area (Å²) in [6.45, 7) is 0.188. The zero-order valence-corrected chi connectivity index (χ0v) is 16.8. The maximum atomic E-state index is 14.3. The Balaban J connectivity index is 1.30. The van der Waals surface area contributed by atoms with Gasteiger partial charge in [-0.3, -0.25) is 9.78 Å². The molecule has 2 aromatic carbocycles. The fourth-order valence-corrected chi connectivity index (χ4v) is 2.80. The van der Waals surface area contributed by atoms with Gasteiger partial charge >= 0.3 is 0 Å². The number of carbonyl (C=O) groups is 1. The number of aromatic nitrogens is 1. The van der Waals surface area contributed by atoms with E-state index in [-0.39, 0.29) is 30.5 Å². The lowest BCUT2D eigenvalue weighted by Crippen LogP contribution is -2.22. The third-order valence-corrected chi connectivity index (χ3v) is 4.39. The molecule has 4 aromatic rings. The van der Waals surface area contributed by atoms with Gasteiger partial charge in [-0.1, -0.05) is 6.07 Å². The van der Waals surface area contributed by atoms with Crippen LogP contribution in [-0.2, 0) is 13.2 Å². The normalized spacial score (nSPS) is 10.6. The number of amides is 1. The molecule has 0 aliphatic heterocycles. The molecule has 0 bridgehead atoms. The Morgan fingerprint density at radius 1 is 1.00 bits per heavy atom. The summed E-state index contributed by atoms with van der Waals surface area (Å²) in [5, 5.41) is 2.67. The van der Waals surface area contributed by atoms with E-state index in [2.05, 4.69) is 10.3 Å². The van der Waals surface area contributed by atoms with E-state index in [0.717, 1.165) is 0 Å². The van der Waals surface area contributed by atoms with E-state index in [0.29, 0.717) is 22.8 Å². The molecule has 0 aliphatic rings. The Hall–Kier alpha value is -4.20. The van der Waals surface area contributed by atoms with Crippen molar-refractivity contribution >= 4 is 5.91 Å². The summed E-state index contributed by atoms with van der Waals surface area (Å²) in [5.41, 5.74) is 0.556. The average molecular weight is 436 g/mol. The summed E-state index contributed by atoms with van der Waals surface area (Å²) in [6, 6.07) is 16.5. The molecule has 162 valence electrons. The predicted octanol–water partition coefficient (Wildman–Crippen LogP) is 5.25. The highest BCUT2D eigenvalue weighted by molar-refractivity contribution is 5.91. The summed E-state index contributed by atoms with van der Waals surface area (Å²) < 4.78 is 43.7. The van der Waals surface area contributed by atoms with Gasteiger partial charge in [0.1, 0.15) is 29.7 Å². The molecule has 1 N–H and O–H groups in total. The second-order valence-corrected chi connectivity index (χ2v) is 6.75. The second-order valence-electron chi connectivity index (χ2n) is 6.75. The van der Waals surface area contributed by atoms with Crippen LogP contribution in [0.4, 0.5) is 8.78 Å². The summed E-state index contributed by atoms with van der Waals surface area (Å²) >= 11 is 0. The maximum absolute atomic E-state index is 14.3. The minimum absolute atomic E-state index is 0.0601. The monoisotopic (exact) mass is 436 g/mol. The molecule has 1 amide bonds. The van der Waals surface area contributed by atoms with Crippen LogP contribution in [0.1, 0.15) is 21.9 Å². The van der Waals surface area contributed by atoms with Crippen molar-refractivity contribution < 1.29 is 27.5 Å². The zero-order chi connectivity index (χ0) is 22.3. The molecule has 0 aliphatic carbocycles. The largest absolute Gasteiger partial charge is 0.486 e. The first-order valence-electron chi connectivity index (χ1n) is 9.68. The van der Waals surface area contributed by atoms with Crippen LogP contribution in [0.15, 0.2) is 83.5 Å². The van der Waals surface area contributed by atoms with Crippen molar-refractivity contribution in [3.8, 4) is 17.2 Å². The molecular weight excluding hydrogens is 418 g/mol. The summed E-state index contributed by atoms with van der Waals surface area (Å²) in [7, 11) is 0. The molecule has 0 saturated heterocycles. The Bertz CT molecular complexity index is 1190. The quantitative estimate of drug-likeness (QED) is 0.408.